The van der Waals surface area contributed by atoms with Gasteiger partial charge in [-0.2, -0.15) is 0 Å². The van der Waals surface area contributed by atoms with Crippen LogP contribution in [-0.2, 0) is 0 Å². The fourth-order valence-corrected chi connectivity index (χ4v) is 4.40. The molecule has 0 amide bonds. The van der Waals surface area contributed by atoms with E-state index in [4.69, 9.17) is 14.2 Å². The average molecular weight is 532 g/mol. The molecule has 0 N–H and O–H groups in total. The maximum Gasteiger partial charge on any atom is 0.343 e. The summed E-state index contributed by atoms with van der Waals surface area (Å²) in [7, 11) is 0. The van der Waals surface area contributed by atoms with E-state index in [1.54, 1.807) is 12.1 Å². The van der Waals surface area contributed by atoms with Gasteiger partial charge >= 0.3 is 5.97 Å². The number of ether oxygens (including phenoxy) is 3. The molecule has 5 nitrogen and oxygen atoms in total. The minimum atomic E-state index is -0.382. The summed E-state index contributed by atoms with van der Waals surface area (Å²) in [6.07, 6.45) is 8.40. The molecule has 3 aromatic carbocycles. The Balaban J connectivity index is 1.41. The van der Waals surface area contributed by atoms with Crippen molar-refractivity contribution in [1.29, 1.82) is 0 Å². The zero-order valence-corrected chi connectivity index (χ0v) is 24.0. The second-order valence-electron chi connectivity index (χ2n) is 9.81. The molecule has 210 valence electrons. The molecule has 0 atom stereocenters. The molecule has 0 saturated carbocycles. The highest BCUT2D eigenvalue weighted by molar-refractivity contribution is 5.91. The summed E-state index contributed by atoms with van der Waals surface area (Å²) in [6, 6.07) is 22.8. The molecule has 0 spiro atoms. The van der Waals surface area contributed by atoms with Crippen molar-refractivity contribution in [1.82, 2.24) is 4.90 Å². The SMILES string of the molecule is CCCCCCCCOc1ccc(C(=O)Oc2ccc(-c3ccc(OCCCN(CC)CC)cc3)cc2)cc1. The molecule has 0 aromatic heterocycles. The molecular formula is C34H45NO4. The lowest BCUT2D eigenvalue weighted by atomic mass is 10.1. The Morgan fingerprint density at radius 1 is 0.590 bits per heavy atom. The van der Waals surface area contributed by atoms with E-state index in [-0.39, 0.29) is 5.97 Å². The van der Waals surface area contributed by atoms with E-state index in [0.717, 1.165) is 55.1 Å². The number of nitrogens with zero attached hydrogens (tertiary/aromatic N) is 1. The van der Waals surface area contributed by atoms with Crippen LogP contribution in [0.1, 0.15) is 76.1 Å². The Labute approximate surface area is 235 Å². The van der Waals surface area contributed by atoms with Gasteiger partial charge < -0.3 is 19.1 Å². The van der Waals surface area contributed by atoms with Crippen LogP contribution in [0.2, 0.25) is 0 Å². The molecule has 0 fully saturated rings. The average Bonchev–Trinajstić information content (AvgIpc) is 2.98. The van der Waals surface area contributed by atoms with Crippen molar-refractivity contribution in [3.05, 3.63) is 78.4 Å². The number of hydrogen-bond acceptors (Lipinski definition) is 5. The van der Waals surface area contributed by atoms with E-state index in [2.05, 4.69) is 37.8 Å². The van der Waals surface area contributed by atoms with Crippen LogP contribution in [0.25, 0.3) is 11.1 Å². The number of benzene rings is 3. The highest BCUT2D eigenvalue weighted by atomic mass is 16.5. The van der Waals surface area contributed by atoms with Crippen molar-refractivity contribution in [2.75, 3.05) is 32.8 Å². The third-order valence-corrected chi connectivity index (χ3v) is 6.89. The summed E-state index contributed by atoms with van der Waals surface area (Å²) >= 11 is 0. The summed E-state index contributed by atoms with van der Waals surface area (Å²) in [5, 5.41) is 0. The second kappa shape index (κ2) is 17.3. The predicted molar refractivity (Wildman–Crippen MR) is 160 cm³/mol. The smallest absolute Gasteiger partial charge is 0.343 e. The van der Waals surface area contributed by atoms with Gasteiger partial charge in [-0.25, -0.2) is 4.79 Å². The van der Waals surface area contributed by atoms with Crippen molar-refractivity contribution < 1.29 is 19.0 Å². The van der Waals surface area contributed by atoms with Crippen LogP contribution in [0, 0.1) is 0 Å². The van der Waals surface area contributed by atoms with E-state index in [1.807, 2.05) is 48.5 Å². The fraction of sp³-hybridized carbons (Fsp3) is 0.441. The molecule has 0 aliphatic rings. The van der Waals surface area contributed by atoms with Gasteiger partial charge in [0.15, 0.2) is 0 Å². The molecule has 0 aliphatic carbocycles. The first kappa shape index (κ1) is 30.2. The van der Waals surface area contributed by atoms with Gasteiger partial charge in [0.05, 0.1) is 18.8 Å². The molecule has 5 heteroatoms. The molecule has 0 bridgehead atoms. The van der Waals surface area contributed by atoms with E-state index < -0.39 is 0 Å². The van der Waals surface area contributed by atoms with Crippen LogP contribution < -0.4 is 14.2 Å². The van der Waals surface area contributed by atoms with Crippen molar-refractivity contribution >= 4 is 5.97 Å². The van der Waals surface area contributed by atoms with Crippen molar-refractivity contribution in [2.45, 2.75) is 65.7 Å². The van der Waals surface area contributed by atoms with Crippen molar-refractivity contribution in [3.8, 4) is 28.4 Å². The van der Waals surface area contributed by atoms with Crippen LogP contribution in [0.3, 0.4) is 0 Å². The number of carbonyl (C=O) groups is 1. The minimum absolute atomic E-state index is 0.382. The molecule has 0 heterocycles. The lowest BCUT2D eigenvalue weighted by Crippen LogP contribution is -2.25. The third-order valence-electron chi connectivity index (χ3n) is 6.89. The second-order valence-corrected chi connectivity index (χ2v) is 9.81. The molecule has 39 heavy (non-hydrogen) atoms. The Kier molecular flexibility index (Phi) is 13.4. The molecule has 0 unspecified atom stereocenters. The van der Waals surface area contributed by atoms with E-state index in [1.165, 1.54) is 32.1 Å². The Morgan fingerprint density at radius 3 is 1.64 bits per heavy atom. The molecule has 3 rings (SSSR count). The van der Waals surface area contributed by atoms with E-state index in [0.29, 0.717) is 24.5 Å². The summed E-state index contributed by atoms with van der Waals surface area (Å²) in [5.41, 5.74) is 2.63. The Hall–Kier alpha value is -3.31. The Morgan fingerprint density at radius 2 is 1.08 bits per heavy atom. The normalized spacial score (nSPS) is 11.0. The van der Waals surface area contributed by atoms with E-state index in [9.17, 15) is 4.79 Å². The lowest BCUT2D eigenvalue weighted by Gasteiger charge is -2.17. The maximum atomic E-state index is 12.6. The van der Waals surface area contributed by atoms with Gasteiger partial charge in [0.2, 0.25) is 0 Å². The standard InChI is InChI=1S/C34H45NO4/c1-4-7-8-9-10-11-26-37-32-21-17-30(18-22-32)34(36)39-33-23-15-29(16-24-33)28-13-19-31(20-14-28)38-27-12-25-35(5-2)6-3/h13-24H,4-12,25-27H2,1-3H3. The van der Waals surface area contributed by atoms with Crippen LogP contribution in [0.5, 0.6) is 17.2 Å². The van der Waals surface area contributed by atoms with Crippen LogP contribution in [-0.4, -0.2) is 43.7 Å². The highest BCUT2D eigenvalue weighted by Crippen LogP contribution is 2.25. The fourth-order valence-electron chi connectivity index (χ4n) is 4.40. The zero-order valence-electron chi connectivity index (χ0n) is 24.0. The molecule has 0 radical (unpaired) electrons. The summed E-state index contributed by atoms with van der Waals surface area (Å²) in [4.78, 5) is 15.0. The summed E-state index contributed by atoms with van der Waals surface area (Å²) in [5.74, 6) is 1.79. The topological polar surface area (TPSA) is 48.0 Å². The predicted octanol–water partition coefficient (Wildman–Crippen LogP) is 8.42. The van der Waals surface area contributed by atoms with Gasteiger partial charge in [0, 0.05) is 6.54 Å². The van der Waals surface area contributed by atoms with Gasteiger partial charge in [-0.05, 0) is 85.6 Å². The van der Waals surface area contributed by atoms with Crippen LogP contribution in [0.15, 0.2) is 72.8 Å². The van der Waals surface area contributed by atoms with E-state index >= 15 is 0 Å². The van der Waals surface area contributed by atoms with Gasteiger partial charge in [0.1, 0.15) is 17.2 Å². The van der Waals surface area contributed by atoms with Gasteiger partial charge in [0.25, 0.3) is 0 Å². The van der Waals surface area contributed by atoms with Crippen LogP contribution >= 0.6 is 0 Å². The van der Waals surface area contributed by atoms with Gasteiger partial charge in [-0.1, -0.05) is 77.1 Å². The summed E-state index contributed by atoms with van der Waals surface area (Å²) in [6.45, 7) is 11.2. The zero-order chi connectivity index (χ0) is 27.7. The first-order chi connectivity index (χ1) is 19.1. The number of unbranched alkanes of at least 4 members (excludes halogenated alkanes) is 5. The summed E-state index contributed by atoms with van der Waals surface area (Å²) < 4.78 is 17.3. The first-order valence-corrected chi connectivity index (χ1v) is 14.6. The van der Waals surface area contributed by atoms with Crippen LogP contribution in [0.4, 0.5) is 0 Å². The maximum absolute atomic E-state index is 12.6. The quantitative estimate of drug-likeness (QED) is 0.0936. The third kappa shape index (κ3) is 10.8. The van der Waals surface area contributed by atoms with Gasteiger partial charge in [-0.15, -0.1) is 0 Å². The van der Waals surface area contributed by atoms with Crippen molar-refractivity contribution in [2.24, 2.45) is 0 Å². The molecular weight excluding hydrogens is 486 g/mol. The lowest BCUT2D eigenvalue weighted by molar-refractivity contribution is 0.0734. The highest BCUT2D eigenvalue weighted by Gasteiger charge is 2.09. The number of carbonyl (C=O) groups excluding carboxylic acids is 1. The molecule has 3 aromatic rings. The van der Waals surface area contributed by atoms with Crippen molar-refractivity contribution in [3.63, 3.8) is 0 Å². The number of rotatable bonds is 18. The van der Waals surface area contributed by atoms with Gasteiger partial charge in [-0.3, -0.25) is 0 Å². The number of esters is 1. The number of hydrogen-bond donors (Lipinski definition) is 0. The minimum Gasteiger partial charge on any atom is -0.494 e. The molecule has 0 aliphatic heterocycles. The monoisotopic (exact) mass is 531 g/mol. The molecule has 0 saturated heterocycles. The first-order valence-electron chi connectivity index (χ1n) is 14.6. The Bertz CT molecular complexity index is 1070. The largest absolute Gasteiger partial charge is 0.494 e.